The van der Waals surface area contributed by atoms with E-state index in [-0.39, 0.29) is 17.9 Å². The van der Waals surface area contributed by atoms with Gasteiger partial charge in [0, 0.05) is 37.3 Å². The molecule has 1 saturated heterocycles. The zero-order valence-electron chi connectivity index (χ0n) is 19.7. The van der Waals surface area contributed by atoms with Crippen molar-refractivity contribution in [1.29, 1.82) is 0 Å². The fourth-order valence-electron chi connectivity index (χ4n) is 7.53. The van der Waals surface area contributed by atoms with E-state index in [2.05, 4.69) is 32.6 Å². The summed E-state index contributed by atoms with van der Waals surface area (Å²) in [5.41, 5.74) is 3.28. The van der Waals surface area contributed by atoms with Gasteiger partial charge in [-0.2, -0.15) is 4.98 Å². The third-order valence-electron chi connectivity index (χ3n) is 8.95. The first-order valence-electron chi connectivity index (χ1n) is 12.9. The second-order valence-electron chi connectivity index (χ2n) is 11.3. The van der Waals surface area contributed by atoms with E-state index in [1.165, 1.54) is 12.8 Å². The van der Waals surface area contributed by atoms with Crippen molar-refractivity contribution in [2.24, 2.45) is 17.8 Å². The Labute approximate surface area is 203 Å². The third kappa shape index (κ3) is 3.59. The van der Waals surface area contributed by atoms with E-state index in [0.717, 1.165) is 48.2 Å². The van der Waals surface area contributed by atoms with Gasteiger partial charge in [0.2, 0.25) is 5.82 Å². The zero-order valence-corrected chi connectivity index (χ0v) is 19.7. The van der Waals surface area contributed by atoms with Gasteiger partial charge in [-0.05, 0) is 62.7 Å². The summed E-state index contributed by atoms with van der Waals surface area (Å²) in [6.45, 7) is 0.959. The monoisotopic (exact) mass is 477 g/mol. The molecule has 2 aromatic rings. The van der Waals surface area contributed by atoms with E-state index in [0.29, 0.717) is 55.6 Å². The summed E-state index contributed by atoms with van der Waals surface area (Å²) >= 11 is 0. The Kier molecular flexibility index (Phi) is 4.83. The highest BCUT2D eigenvalue weighted by Gasteiger charge is 2.55. The van der Waals surface area contributed by atoms with Crippen molar-refractivity contribution in [2.75, 3.05) is 18.4 Å². The summed E-state index contributed by atoms with van der Waals surface area (Å²) in [6, 6.07) is 0.291. The number of nitrogens with one attached hydrogen (secondary N) is 1. The molecule has 3 unspecified atom stereocenters. The van der Waals surface area contributed by atoms with Crippen molar-refractivity contribution in [1.82, 2.24) is 20.0 Å². The van der Waals surface area contributed by atoms with Crippen LogP contribution < -0.4 is 5.32 Å². The predicted octanol–water partition coefficient (Wildman–Crippen LogP) is 2.65. The second kappa shape index (κ2) is 7.86. The van der Waals surface area contributed by atoms with Gasteiger partial charge in [-0.3, -0.25) is 9.78 Å². The molecule has 2 aromatic heterocycles. The van der Waals surface area contributed by atoms with Crippen LogP contribution in [-0.4, -0.2) is 67.0 Å². The Morgan fingerprint density at radius 1 is 1.17 bits per heavy atom. The lowest BCUT2D eigenvalue weighted by Crippen LogP contribution is -2.59. The normalized spacial score (nSPS) is 33.4. The minimum atomic E-state index is -0.481. The number of anilines is 1. The molecule has 5 atom stereocenters. The maximum Gasteiger partial charge on any atom is 0.316 e. The van der Waals surface area contributed by atoms with Crippen LogP contribution in [0.5, 0.6) is 0 Å². The largest absolute Gasteiger partial charge is 0.393 e. The van der Waals surface area contributed by atoms with Gasteiger partial charge in [0.15, 0.2) is 0 Å². The standard InChI is InChI=1S/C26H31N5O4/c32-17-4-6-31(7-5-17)25(33)24-29-23(30-35-24)19-13-27-20-3-1-2-18(20)22(19)28-21-15-8-14-9-16(21)12-26(34,10-14)11-15/h1-2,13-17,21,32,34H,3-12H2,(H,27,28)/t14?,15-,16+,21?,26?. The number of pyridine rings is 1. The van der Waals surface area contributed by atoms with Crippen LogP contribution in [0.3, 0.4) is 0 Å². The smallest absolute Gasteiger partial charge is 0.316 e. The summed E-state index contributed by atoms with van der Waals surface area (Å²) in [6.07, 6.45) is 12.6. The summed E-state index contributed by atoms with van der Waals surface area (Å²) in [4.78, 5) is 23.7. The number of carbonyl (C=O) groups is 1. The molecule has 8 rings (SSSR count). The molecular weight excluding hydrogens is 446 g/mol. The van der Waals surface area contributed by atoms with Gasteiger partial charge >= 0.3 is 11.8 Å². The molecule has 5 fully saturated rings. The van der Waals surface area contributed by atoms with Crippen molar-refractivity contribution < 1.29 is 19.5 Å². The SMILES string of the molecule is O=C(c1nc(-c2cnc3c(c2NC2[C@@H]4CC5C[C@H]2CC(O)(C5)C4)C=CC3)no1)N1CCC(O)CC1. The van der Waals surface area contributed by atoms with Crippen molar-refractivity contribution in [3.63, 3.8) is 0 Å². The number of hydrogen-bond donors (Lipinski definition) is 3. The molecular formula is C26H31N5O4. The van der Waals surface area contributed by atoms with Crippen LogP contribution in [-0.2, 0) is 6.42 Å². The van der Waals surface area contributed by atoms with Crippen LogP contribution in [0.15, 0.2) is 16.8 Å². The van der Waals surface area contributed by atoms with Crippen molar-refractivity contribution >= 4 is 17.7 Å². The van der Waals surface area contributed by atoms with Crippen LogP contribution in [0, 0.1) is 17.8 Å². The molecule has 4 saturated carbocycles. The second-order valence-corrected chi connectivity index (χ2v) is 11.3. The average molecular weight is 478 g/mol. The molecule has 0 radical (unpaired) electrons. The van der Waals surface area contributed by atoms with E-state index in [9.17, 15) is 15.0 Å². The van der Waals surface area contributed by atoms with E-state index < -0.39 is 5.60 Å². The number of fused-ring (bicyclic) bond motifs is 1. The van der Waals surface area contributed by atoms with Crippen LogP contribution >= 0.6 is 0 Å². The number of aliphatic hydroxyl groups excluding tert-OH is 1. The molecule has 6 aliphatic rings. The molecule has 3 heterocycles. The lowest BCUT2D eigenvalue weighted by molar-refractivity contribution is -0.129. The molecule has 1 amide bonds. The Hall–Kier alpha value is -2.78. The predicted molar refractivity (Wildman–Crippen MR) is 127 cm³/mol. The number of rotatable bonds is 4. The van der Waals surface area contributed by atoms with E-state index >= 15 is 0 Å². The number of piperidine rings is 1. The first kappa shape index (κ1) is 21.5. The Morgan fingerprint density at radius 3 is 2.69 bits per heavy atom. The number of amides is 1. The molecule has 184 valence electrons. The molecule has 0 aromatic carbocycles. The van der Waals surface area contributed by atoms with E-state index in [1.807, 2.05) is 0 Å². The van der Waals surface area contributed by atoms with Gasteiger partial charge in [-0.1, -0.05) is 17.3 Å². The van der Waals surface area contributed by atoms with Crippen molar-refractivity contribution in [3.05, 3.63) is 29.4 Å². The van der Waals surface area contributed by atoms with Crippen LogP contribution in [0.25, 0.3) is 17.5 Å². The molecule has 4 bridgehead atoms. The van der Waals surface area contributed by atoms with Crippen molar-refractivity contribution in [2.45, 2.75) is 69.1 Å². The average Bonchev–Trinajstić information content (AvgIpc) is 3.50. The minimum Gasteiger partial charge on any atom is -0.393 e. The van der Waals surface area contributed by atoms with Gasteiger partial charge in [-0.15, -0.1) is 0 Å². The number of nitrogens with zero attached hydrogens (tertiary/aromatic N) is 4. The third-order valence-corrected chi connectivity index (χ3v) is 8.95. The van der Waals surface area contributed by atoms with Gasteiger partial charge in [0.05, 0.1) is 28.6 Å². The summed E-state index contributed by atoms with van der Waals surface area (Å²) in [5, 5.41) is 28.8. The zero-order chi connectivity index (χ0) is 23.7. The lowest BCUT2D eigenvalue weighted by atomic mass is 9.52. The number of hydrogen-bond acceptors (Lipinski definition) is 8. The molecule has 35 heavy (non-hydrogen) atoms. The van der Waals surface area contributed by atoms with Crippen LogP contribution in [0.4, 0.5) is 5.69 Å². The molecule has 3 N–H and O–H groups in total. The molecule has 9 heteroatoms. The maximum atomic E-state index is 12.9. The van der Waals surface area contributed by atoms with E-state index in [1.54, 1.807) is 11.1 Å². The van der Waals surface area contributed by atoms with Crippen LogP contribution in [0.2, 0.25) is 0 Å². The number of likely N-dealkylation sites (tertiary alicyclic amines) is 1. The minimum absolute atomic E-state index is 0.0322. The lowest BCUT2D eigenvalue weighted by Gasteiger charge is -2.58. The highest BCUT2D eigenvalue weighted by molar-refractivity contribution is 5.91. The highest BCUT2D eigenvalue weighted by atomic mass is 16.5. The Morgan fingerprint density at radius 2 is 1.94 bits per heavy atom. The number of aliphatic hydroxyl groups is 2. The Balaban J connectivity index is 1.20. The topological polar surface area (TPSA) is 125 Å². The fourth-order valence-corrected chi connectivity index (χ4v) is 7.53. The van der Waals surface area contributed by atoms with E-state index in [4.69, 9.17) is 4.52 Å². The molecule has 5 aliphatic carbocycles. The Bertz CT molecular complexity index is 1180. The fraction of sp³-hybridized carbons (Fsp3) is 0.615. The summed E-state index contributed by atoms with van der Waals surface area (Å²) in [7, 11) is 0. The quantitative estimate of drug-likeness (QED) is 0.614. The maximum absolute atomic E-state index is 12.9. The summed E-state index contributed by atoms with van der Waals surface area (Å²) in [5.74, 6) is 1.56. The number of allylic oxidation sites excluding steroid dienone is 1. The first-order chi connectivity index (χ1) is 17.0. The van der Waals surface area contributed by atoms with Gasteiger partial charge < -0.3 is 25.0 Å². The molecule has 9 nitrogen and oxygen atoms in total. The summed E-state index contributed by atoms with van der Waals surface area (Å²) < 4.78 is 5.41. The number of carbonyl (C=O) groups excluding carboxylic acids is 1. The molecule has 0 spiro atoms. The first-order valence-corrected chi connectivity index (χ1v) is 12.9. The van der Waals surface area contributed by atoms with Crippen LogP contribution in [0.1, 0.15) is 66.9 Å². The van der Waals surface area contributed by atoms with Gasteiger partial charge in [0.1, 0.15) is 0 Å². The van der Waals surface area contributed by atoms with Gasteiger partial charge in [-0.25, -0.2) is 0 Å². The van der Waals surface area contributed by atoms with Gasteiger partial charge in [0.25, 0.3) is 0 Å². The molecule has 1 aliphatic heterocycles. The number of aromatic nitrogens is 3. The highest BCUT2D eigenvalue weighted by Crippen LogP contribution is 2.56. The van der Waals surface area contributed by atoms with Crippen molar-refractivity contribution in [3.8, 4) is 11.4 Å².